The van der Waals surface area contributed by atoms with Crippen LogP contribution in [-0.2, 0) is 11.3 Å². The maximum atomic E-state index is 13.5. The molecule has 2 amide bonds. The van der Waals surface area contributed by atoms with Crippen LogP contribution in [0.25, 0.3) is 0 Å². The number of amides is 2. The molecule has 0 spiro atoms. The molecule has 3 aliphatic rings. The van der Waals surface area contributed by atoms with Gasteiger partial charge in [0.05, 0.1) is 6.10 Å². The first kappa shape index (κ1) is 25.0. The molecule has 2 aliphatic carbocycles. The van der Waals surface area contributed by atoms with Gasteiger partial charge in [0.1, 0.15) is 11.1 Å². The Bertz CT molecular complexity index is 892. The number of hydrogen-bond donors (Lipinski definition) is 1. The fourth-order valence-corrected chi connectivity index (χ4v) is 5.76. The van der Waals surface area contributed by atoms with Crippen molar-refractivity contribution in [3.63, 3.8) is 0 Å². The summed E-state index contributed by atoms with van der Waals surface area (Å²) in [6.07, 6.45) is 18.3. The van der Waals surface area contributed by atoms with Crippen molar-refractivity contribution in [3.8, 4) is 0 Å². The van der Waals surface area contributed by atoms with Crippen LogP contribution in [0.5, 0.6) is 0 Å². The van der Waals surface area contributed by atoms with E-state index >= 15 is 0 Å². The summed E-state index contributed by atoms with van der Waals surface area (Å²) in [5.41, 5.74) is -0.293. The molecule has 1 atom stereocenters. The second kappa shape index (κ2) is 12.0. The van der Waals surface area contributed by atoms with E-state index < -0.39 is 5.43 Å². The predicted molar refractivity (Wildman–Crippen MR) is 132 cm³/mol. The standard InChI is InChI=1S/C27H41N3O4/c1-29(21-13-8-5-9-14-21)27(33)24-19-30(17-22-15-10-16-34-22)18-23(25(24)31)26(32)28-20-11-6-3-2-4-7-12-20/h18-22H,2-17H2,1H3,(H,28,32). The maximum Gasteiger partial charge on any atom is 0.259 e. The number of aromatic nitrogens is 1. The fourth-order valence-electron chi connectivity index (χ4n) is 5.76. The molecule has 0 bridgehead atoms. The predicted octanol–water partition coefficient (Wildman–Crippen LogP) is 4.27. The van der Waals surface area contributed by atoms with E-state index in [0.717, 1.165) is 70.8 Å². The lowest BCUT2D eigenvalue weighted by Gasteiger charge is -2.31. The van der Waals surface area contributed by atoms with Gasteiger partial charge < -0.3 is 19.5 Å². The summed E-state index contributed by atoms with van der Waals surface area (Å²) < 4.78 is 7.61. The smallest absolute Gasteiger partial charge is 0.259 e. The third kappa shape index (κ3) is 6.29. The molecule has 7 heteroatoms. The summed E-state index contributed by atoms with van der Waals surface area (Å²) >= 11 is 0. The van der Waals surface area contributed by atoms with Crippen molar-refractivity contribution >= 4 is 11.8 Å². The van der Waals surface area contributed by atoms with Crippen LogP contribution in [0, 0.1) is 0 Å². The van der Waals surface area contributed by atoms with Crippen LogP contribution < -0.4 is 10.7 Å². The second-order valence-corrected chi connectivity index (χ2v) is 10.5. The number of carbonyl (C=O) groups excluding carboxylic acids is 2. The van der Waals surface area contributed by atoms with Crippen molar-refractivity contribution < 1.29 is 14.3 Å². The zero-order valence-corrected chi connectivity index (χ0v) is 20.7. The Morgan fingerprint density at radius 1 is 0.912 bits per heavy atom. The van der Waals surface area contributed by atoms with E-state index in [1.807, 2.05) is 4.57 Å². The van der Waals surface area contributed by atoms with Crippen LogP contribution >= 0.6 is 0 Å². The van der Waals surface area contributed by atoms with E-state index in [1.54, 1.807) is 24.3 Å². The zero-order valence-electron chi connectivity index (χ0n) is 20.7. The molecule has 1 aromatic rings. The molecule has 1 aromatic heterocycles. The first-order valence-corrected chi connectivity index (χ1v) is 13.5. The first-order valence-electron chi connectivity index (χ1n) is 13.5. The Kier molecular flexibility index (Phi) is 8.81. The molecule has 188 valence electrons. The largest absolute Gasteiger partial charge is 0.376 e. The van der Waals surface area contributed by atoms with E-state index in [2.05, 4.69) is 5.32 Å². The van der Waals surface area contributed by atoms with Crippen LogP contribution in [-0.4, -0.2) is 53.1 Å². The van der Waals surface area contributed by atoms with Gasteiger partial charge in [-0.2, -0.15) is 0 Å². The number of nitrogens with one attached hydrogen (secondary N) is 1. The molecule has 3 fully saturated rings. The third-order valence-electron chi connectivity index (χ3n) is 7.88. The van der Waals surface area contributed by atoms with Gasteiger partial charge in [-0.25, -0.2) is 0 Å². The van der Waals surface area contributed by atoms with Crippen molar-refractivity contribution in [2.24, 2.45) is 0 Å². The topological polar surface area (TPSA) is 80.6 Å². The average molecular weight is 472 g/mol. The molecule has 2 heterocycles. The summed E-state index contributed by atoms with van der Waals surface area (Å²) in [5.74, 6) is -0.634. The lowest BCUT2D eigenvalue weighted by Crippen LogP contribution is -2.43. The van der Waals surface area contributed by atoms with Gasteiger partial charge in [0.15, 0.2) is 0 Å². The summed E-state index contributed by atoms with van der Waals surface area (Å²) in [6, 6.07) is 0.239. The Labute approximate surface area is 203 Å². The Hall–Kier alpha value is -2.15. The van der Waals surface area contributed by atoms with Gasteiger partial charge >= 0.3 is 0 Å². The highest BCUT2D eigenvalue weighted by molar-refractivity contribution is 5.99. The average Bonchev–Trinajstić information content (AvgIpc) is 3.34. The third-order valence-corrected chi connectivity index (χ3v) is 7.88. The molecule has 7 nitrogen and oxygen atoms in total. The quantitative estimate of drug-likeness (QED) is 0.672. The number of rotatable bonds is 6. The minimum Gasteiger partial charge on any atom is -0.376 e. The highest BCUT2D eigenvalue weighted by Crippen LogP contribution is 2.23. The summed E-state index contributed by atoms with van der Waals surface area (Å²) in [5, 5.41) is 3.11. The normalized spacial score (nSPS) is 22.7. The monoisotopic (exact) mass is 471 g/mol. The van der Waals surface area contributed by atoms with Gasteiger partial charge in [-0.1, -0.05) is 51.4 Å². The molecule has 1 N–H and O–H groups in total. The molecule has 2 saturated carbocycles. The highest BCUT2D eigenvalue weighted by atomic mass is 16.5. The summed E-state index contributed by atoms with van der Waals surface area (Å²) in [4.78, 5) is 41.9. The zero-order chi connectivity index (χ0) is 23.9. The minimum absolute atomic E-state index is 0.0445. The van der Waals surface area contributed by atoms with Crippen molar-refractivity contribution in [2.45, 2.75) is 115 Å². The number of nitrogens with zero attached hydrogens (tertiary/aromatic N) is 2. The second-order valence-electron chi connectivity index (χ2n) is 10.5. The molecule has 0 radical (unpaired) electrons. The van der Waals surface area contributed by atoms with Gasteiger partial charge in [-0.15, -0.1) is 0 Å². The molecule has 1 aliphatic heterocycles. The van der Waals surface area contributed by atoms with E-state index in [-0.39, 0.29) is 41.1 Å². The molecule has 1 saturated heterocycles. The fraction of sp³-hybridized carbons (Fsp3) is 0.741. The Morgan fingerprint density at radius 3 is 2.21 bits per heavy atom. The van der Waals surface area contributed by atoms with Gasteiger partial charge in [-0.3, -0.25) is 14.4 Å². The van der Waals surface area contributed by atoms with Crippen LogP contribution in [0.1, 0.15) is 111 Å². The van der Waals surface area contributed by atoms with Crippen molar-refractivity contribution in [1.29, 1.82) is 0 Å². The van der Waals surface area contributed by atoms with E-state index in [0.29, 0.717) is 6.54 Å². The molecular weight excluding hydrogens is 430 g/mol. The number of carbonyl (C=O) groups is 2. The molecular formula is C27H41N3O4. The van der Waals surface area contributed by atoms with Gasteiger partial charge in [0, 0.05) is 44.7 Å². The van der Waals surface area contributed by atoms with E-state index in [4.69, 9.17) is 4.74 Å². The summed E-state index contributed by atoms with van der Waals surface area (Å²) in [7, 11) is 1.80. The molecule has 1 unspecified atom stereocenters. The molecule has 34 heavy (non-hydrogen) atoms. The first-order chi connectivity index (χ1) is 16.5. The van der Waals surface area contributed by atoms with Crippen molar-refractivity contribution in [1.82, 2.24) is 14.8 Å². The van der Waals surface area contributed by atoms with E-state index in [1.165, 1.54) is 25.7 Å². The van der Waals surface area contributed by atoms with Crippen LogP contribution in [0.2, 0.25) is 0 Å². The molecule has 4 rings (SSSR count). The maximum absolute atomic E-state index is 13.5. The lowest BCUT2D eigenvalue weighted by molar-refractivity contribution is 0.0692. The van der Waals surface area contributed by atoms with Crippen molar-refractivity contribution in [3.05, 3.63) is 33.7 Å². The number of pyridine rings is 1. The van der Waals surface area contributed by atoms with Crippen LogP contribution in [0.3, 0.4) is 0 Å². The van der Waals surface area contributed by atoms with Gasteiger partial charge in [-0.05, 0) is 38.5 Å². The highest BCUT2D eigenvalue weighted by Gasteiger charge is 2.28. The number of hydrogen-bond acceptors (Lipinski definition) is 4. The Balaban J connectivity index is 1.59. The number of ether oxygens (including phenoxy) is 1. The van der Waals surface area contributed by atoms with Crippen molar-refractivity contribution in [2.75, 3.05) is 13.7 Å². The lowest BCUT2D eigenvalue weighted by atomic mass is 9.94. The van der Waals surface area contributed by atoms with Gasteiger partial charge in [0.25, 0.3) is 11.8 Å². The minimum atomic E-state index is -0.459. The summed E-state index contributed by atoms with van der Waals surface area (Å²) in [6.45, 7) is 1.27. The Morgan fingerprint density at radius 2 is 1.53 bits per heavy atom. The van der Waals surface area contributed by atoms with Crippen LogP contribution in [0.4, 0.5) is 0 Å². The molecule has 0 aromatic carbocycles. The van der Waals surface area contributed by atoms with Crippen LogP contribution in [0.15, 0.2) is 17.2 Å². The SMILES string of the molecule is CN(C(=O)c1cn(CC2CCCO2)cc(C(=O)NC2CCCCCCC2)c1=O)C1CCCCC1. The van der Waals surface area contributed by atoms with Gasteiger partial charge in [0.2, 0.25) is 5.43 Å². The van der Waals surface area contributed by atoms with E-state index in [9.17, 15) is 14.4 Å².